The van der Waals surface area contributed by atoms with E-state index in [2.05, 4.69) is 40.7 Å². The first-order chi connectivity index (χ1) is 9.54. The molecule has 20 heavy (non-hydrogen) atoms. The summed E-state index contributed by atoms with van der Waals surface area (Å²) in [6.45, 7) is 7.37. The van der Waals surface area contributed by atoms with Crippen LogP contribution in [0.1, 0.15) is 42.5 Å². The summed E-state index contributed by atoms with van der Waals surface area (Å²) in [5, 5.41) is 11.5. The second kappa shape index (κ2) is 6.21. The molecule has 0 spiro atoms. The molecule has 0 saturated heterocycles. The fourth-order valence-corrected chi connectivity index (χ4v) is 2.52. The maximum Gasteiger partial charge on any atom is 0.214 e. The average Bonchev–Trinajstić information content (AvgIpc) is 2.88. The van der Waals surface area contributed by atoms with Crippen molar-refractivity contribution in [2.24, 2.45) is 0 Å². The average molecular weight is 294 g/mol. The summed E-state index contributed by atoms with van der Waals surface area (Å²) in [7, 11) is 0. The van der Waals surface area contributed by atoms with Crippen LogP contribution in [-0.4, -0.2) is 24.7 Å². The molecule has 3 N–H and O–H groups in total. The topological polar surface area (TPSA) is 77.5 Å². The minimum absolute atomic E-state index is 0.451. The van der Waals surface area contributed by atoms with Gasteiger partial charge in [-0.2, -0.15) is 10.2 Å². The Morgan fingerprint density at radius 3 is 2.65 bits per heavy atom. The molecule has 2 aromatic heterocycles. The Balaban J connectivity index is 2.11. The number of rotatable bonds is 6. The molecule has 0 amide bonds. The minimum Gasteiger partial charge on any atom is -0.335 e. The van der Waals surface area contributed by atoms with Crippen molar-refractivity contribution in [1.82, 2.24) is 24.7 Å². The summed E-state index contributed by atoms with van der Waals surface area (Å²) in [6, 6.07) is 0. The molecule has 0 unspecified atom stereocenters. The molecule has 0 atom stereocenters. The van der Waals surface area contributed by atoms with Crippen LogP contribution in [-0.2, 0) is 19.4 Å². The number of nitrogens with one attached hydrogen (secondary N) is 1. The third-order valence-electron chi connectivity index (χ3n) is 3.63. The molecule has 2 aromatic rings. The van der Waals surface area contributed by atoms with Gasteiger partial charge in [-0.05, 0) is 44.5 Å². The number of nitrogen functional groups attached to an aromatic ring is 1. The number of nitrogens with two attached hydrogens (primary N) is 1. The predicted molar refractivity (Wildman–Crippen MR) is 81.6 cm³/mol. The predicted octanol–water partition coefficient (Wildman–Crippen LogP) is 2.05. The van der Waals surface area contributed by atoms with Gasteiger partial charge in [0.15, 0.2) is 5.82 Å². The first-order valence-corrected chi connectivity index (χ1v) is 7.39. The van der Waals surface area contributed by atoms with Crippen LogP contribution in [0.25, 0.3) is 0 Å². The molecule has 0 aromatic carbocycles. The Bertz CT molecular complexity index is 636. The number of H-pyrrole nitrogens is 1. The van der Waals surface area contributed by atoms with Crippen LogP contribution in [0.3, 0.4) is 0 Å². The summed E-state index contributed by atoms with van der Waals surface area (Å²) in [4.78, 5) is 0. The van der Waals surface area contributed by atoms with Crippen LogP contribution in [0.4, 0.5) is 0 Å². The Hall–Kier alpha value is -1.63. The van der Waals surface area contributed by atoms with Crippen molar-refractivity contribution in [3.05, 3.63) is 27.5 Å². The number of hydrogen-bond acceptors (Lipinski definition) is 4. The highest BCUT2D eigenvalue weighted by Gasteiger charge is 2.12. The summed E-state index contributed by atoms with van der Waals surface area (Å²) < 4.78 is 3.99. The number of aromatic nitrogens is 5. The van der Waals surface area contributed by atoms with Crippen molar-refractivity contribution in [2.75, 3.05) is 5.84 Å². The summed E-state index contributed by atoms with van der Waals surface area (Å²) in [6.07, 6.45) is 3.96. The highest BCUT2D eigenvalue weighted by atomic mass is 32.1. The molecule has 0 aliphatic rings. The Labute approximate surface area is 124 Å². The van der Waals surface area contributed by atoms with Crippen LogP contribution in [0.15, 0.2) is 0 Å². The quantitative estimate of drug-likeness (QED) is 0.631. The van der Waals surface area contributed by atoms with Crippen LogP contribution in [0, 0.1) is 18.6 Å². The van der Waals surface area contributed by atoms with Crippen LogP contribution >= 0.6 is 12.2 Å². The Morgan fingerprint density at radius 2 is 2.05 bits per heavy atom. The van der Waals surface area contributed by atoms with E-state index in [1.165, 1.54) is 22.4 Å². The van der Waals surface area contributed by atoms with Gasteiger partial charge in [-0.1, -0.05) is 13.3 Å². The zero-order valence-electron chi connectivity index (χ0n) is 12.3. The third kappa shape index (κ3) is 2.92. The van der Waals surface area contributed by atoms with E-state index in [0.717, 1.165) is 37.3 Å². The maximum atomic E-state index is 5.81. The molecule has 7 heteroatoms. The molecule has 0 saturated carbocycles. The molecule has 0 fully saturated rings. The van der Waals surface area contributed by atoms with Gasteiger partial charge in [-0.3, -0.25) is 9.78 Å². The van der Waals surface area contributed by atoms with Crippen molar-refractivity contribution < 1.29 is 0 Å². The second-order valence-corrected chi connectivity index (χ2v) is 5.43. The summed E-state index contributed by atoms with van der Waals surface area (Å²) in [5.41, 5.74) is 3.62. The molecule has 110 valence electrons. The molecular weight excluding hydrogens is 272 g/mol. The normalized spacial score (nSPS) is 11.2. The largest absolute Gasteiger partial charge is 0.335 e. The van der Waals surface area contributed by atoms with E-state index in [-0.39, 0.29) is 0 Å². The lowest BCUT2D eigenvalue weighted by atomic mass is 10.1. The lowest BCUT2D eigenvalue weighted by Gasteiger charge is -2.04. The molecular formula is C13H22N6S. The Kier molecular flexibility index (Phi) is 4.59. The van der Waals surface area contributed by atoms with Gasteiger partial charge >= 0.3 is 0 Å². The molecule has 0 bridgehead atoms. The minimum atomic E-state index is 0.451. The van der Waals surface area contributed by atoms with Crippen molar-refractivity contribution >= 4 is 12.2 Å². The first-order valence-electron chi connectivity index (χ1n) is 6.98. The molecule has 6 nitrogen and oxygen atoms in total. The maximum absolute atomic E-state index is 5.81. The number of aryl methyl sites for hydroxylation is 3. The van der Waals surface area contributed by atoms with Crippen molar-refractivity contribution in [3.8, 4) is 0 Å². The lowest BCUT2D eigenvalue weighted by Crippen LogP contribution is -2.13. The second-order valence-electron chi connectivity index (χ2n) is 5.04. The van der Waals surface area contributed by atoms with E-state index in [1.54, 1.807) is 0 Å². The molecule has 0 radical (unpaired) electrons. The number of nitrogens with zero attached hydrogens (tertiary/aromatic N) is 4. The molecule has 2 rings (SSSR count). The molecule has 0 aliphatic heterocycles. The van der Waals surface area contributed by atoms with Crippen molar-refractivity contribution in [3.63, 3.8) is 0 Å². The van der Waals surface area contributed by atoms with Gasteiger partial charge < -0.3 is 5.84 Å². The van der Waals surface area contributed by atoms with Gasteiger partial charge in [0.05, 0.1) is 5.69 Å². The van der Waals surface area contributed by atoms with E-state index in [9.17, 15) is 0 Å². The van der Waals surface area contributed by atoms with Gasteiger partial charge in [0, 0.05) is 18.7 Å². The zero-order valence-corrected chi connectivity index (χ0v) is 13.1. The number of unbranched alkanes of at least 4 members (excludes halogenated alkanes) is 1. The van der Waals surface area contributed by atoms with Crippen LogP contribution < -0.4 is 5.84 Å². The zero-order chi connectivity index (χ0) is 14.7. The van der Waals surface area contributed by atoms with Gasteiger partial charge in [0.2, 0.25) is 4.77 Å². The standard InChI is InChI=1S/C13H22N6S/c1-4-5-8-18-10(3)11(9(2)17-18)6-7-12-15-16-13(20)19(12)14/h4-8,14H2,1-3H3,(H,16,20). The van der Waals surface area contributed by atoms with Gasteiger partial charge in [0.1, 0.15) is 0 Å². The fourth-order valence-electron chi connectivity index (χ4n) is 2.37. The fraction of sp³-hybridized carbons (Fsp3) is 0.615. The summed E-state index contributed by atoms with van der Waals surface area (Å²) in [5.74, 6) is 6.58. The smallest absolute Gasteiger partial charge is 0.214 e. The molecule has 0 aliphatic carbocycles. The van der Waals surface area contributed by atoms with Gasteiger partial charge in [-0.15, -0.1) is 0 Å². The van der Waals surface area contributed by atoms with Gasteiger partial charge in [0.25, 0.3) is 0 Å². The monoisotopic (exact) mass is 294 g/mol. The van der Waals surface area contributed by atoms with E-state index >= 15 is 0 Å². The van der Waals surface area contributed by atoms with Gasteiger partial charge in [-0.25, -0.2) is 4.68 Å². The van der Waals surface area contributed by atoms with E-state index in [4.69, 9.17) is 18.1 Å². The van der Waals surface area contributed by atoms with E-state index in [0.29, 0.717) is 4.77 Å². The van der Waals surface area contributed by atoms with E-state index < -0.39 is 0 Å². The molecule has 2 heterocycles. The third-order valence-corrected chi connectivity index (χ3v) is 3.92. The number of aromatic amines is 1. The van der Waals surface area contributed by atoms with Crippen molar-refractivity contribution in [1.29, 1.82) is 0 Å². The van der Waals surface area contributed by atoms with E-state index in [1.807, 2.05) is 0 Å². The lowest BCUT2D eigenvalue weighted by molar-refractivity contribution is 0.555. The van der Waals surface area contributed by atoms with Crippen LogP contribution in [0.5, 0.6) is 0 Å². The highest BCUT2D eigenvalue weighted by Crippen LogP contribution is 2.16. The van der Waals surface area contributed by atoms with Crippen molar-refractivity contribution in [2.45, 2.75) is 53.0 Å². The Morgan fingerprint density at radius 1 is 1.30 bits per heavy atom. The highest BCUT2D eigenvalue weighted by molar-refractivity contribution is 7.71. The number of hydrogen-bond donors (Lipinski definition) is 2. The SMILES string of the molecule is CCCCn1nc(C)c(CCc2n[nH]c(=S)n2N)c1C. The summed E-state index contributed by atoms with van der Waals surface area (Å²) >= 11 is 5.01. The van der Waals surface area contributed by atoms with Crippen LogP contribution in [0.2, 0.25) is 0 Å². The first kappa shape index (κ1) is 14.8.